The molecular formula is C16H18NO2S. The minimum Gasteiger partial charge on any atom is -0.322 e. The molecular weight excluding hydrogens is 270 g/mol. The van der Waals surface area contributed by atoms with Crippen molar-refractivity contribution < 1.29 is 9.59 Å². The van der Waals surface area contributed by atoms with Gasteiger partial charge in [0.25, 0.3) is 0 Å². The summed E-state index contributed by atoms with van der Waals surface area (Å²) in [5.41, 5.74) is 0.288. The number of amides is 1. The maximum Gasteiger partial charge on any atom is 0.231 e. The van der Waals surface area contributed by atoms with Crippen LogP contribution >= 0.6 is 11.8 Å². The van der Waals surface area contributed by atoms with Crippen LogP contribution in [0.25, 0.3) is 0 Å². The van der Waals surface area contributed by atoms with Crippen molar-refractivity contribution >= 4 is 23.5 Å². The van der Waals surface area contributed by atoms with Crippen LogP contribution in [-0.4, -0.2) is 32.3 Å². The molecule has 0 bridgehead atoms. The van der Waals surface area contributed by atoms with E-state index in [4.69, 9.17) is 0 Å². The van der Waals surface area contributed by atoms with Gasteiger partial charge in [-0.2, -0.15) is 0 Å². The number of β-lactam (4-membered cyclic amide) rings is 1. The molecule has 3 rings (SSSR count). The van der Waals surface area contributed by atoms with Crippen molar-refractivity contribution in [2.24, 2.45) is 0 Å². The second kappa shape index (κ2) is 4.35. The summed E-state index contributed by atoms with van der Waals surface area (Å²) >= 11 is 1.76. The molecule has 0 saturated carbocycles. The SMILES string of the molecule is CC1(C)S[C@@H]2[CH]C(=O)N2[C@]1(C)CC(=O)c1ccccc1. The van der Waals surface area contributed by atoms with Crippen LogP contribution in [0.3, 0.4) is 0 Å². The molecule has 0 aromatic heterocycles. The van der Waals surface area contributed by atoms with Crippen LogP contribution in [0, 0.1) is 6.42 Å². The topological polar surface area (TPSA) is 37.4 Å². The van der Waals surface area contributed by atoms with Gasteiger partial charge in [0.1, 0.15) is 0 Å². The Morgan fingerprint density at radius 2 is 1.90 bits per heavy atom. The molecule has 1 aromatic rings. The molecule has 0 spiro atoms. The third-order valence-corrected chi connectivity index (χ3v) is 6.24. The summed E-state index contributed by atoms with van der Waals surface area (Å²) in [5.74, 6) is 0.151. The Bertz CT molecular complexity index is 569. The van der Waals surface area contributed by atoms with Gasteiger partial charge in [0.15, 0.2) is 5.78 Å². The van der Waals surface area contributed by atoms with Gasteiger partial charge in [-0.25, -0.2) is 0 Å². The quantitative estimate of drug-likeness (QED) is 0.634. The third-order valence-electron chi connectivity index (χ3n) is 4.62. The number of ketones is 1. The Hall–Kier alpha value is -1.29. The first-order chi connectivity index (χ1) is 9.35. The minimum atomic E-state index is -0.429. The Morgan fingerprint density at radius 3 is 2.50 bits per heavy atom. The molecule has 2 aliphatic rings. The van der Waals surface area contributed by atoms with Gasteiger partial charge < -0.3 is 4.90 Å². The van der Waals surface area contributed by atoms with Crippen LogP contribution in [0.4, 0.5) is 0 Å². The lowest BCUT2D eigenvalue weighted by Gasteiger charge is -2.47. The first-order valence-corrected chi connectivity index (χ1v) is 7.67. The van der Waals surface area contributed by atoms with E-state index in [-0.39, 0.29) is 21.8 Å². The van der Waals surface area contributed by atoms with E-state index in [1.165, 1.54) is 0 Å². The van der Waals surface area contributed by atoms with Crippen molar-refractivity contribution in [2.75, 3.05) is 0 Å². The Labute approximate surface area is 123 Å². The zero-order valence-electron chi connectivity index (χ0n) is 11.9. The summed E-state index contributed by atoms with van der Waals surface area (Å²) < 4.78 is -0.134. The molecule has 2 fully saturated rings. The normalized spacial score (nSPS) is 30.9. The molecule has 0 aliphatic carbocycles. The highest BCUT2D eigenvalue weighted by molar-refractivity contribution is 8.01. The number of thioether (sulfide) groups is 1. The summed E-state index contributed by atoms with van der Waals surface area (Å²) in [6.45, 7) is 6.27. The van der Waals surface area contributed by atoms with E-state index < -0.39 is 5.54 Å². The summed E-state index contributed by atoms with van der Waals surface area (Å²) in [6.07, 6.45) is 2.11. The first-order valence-electron chi connectivity index (χ1n) is 6.79. The van der Waals surface area contributed by atoms with Gasteiger partial charge in [-0.3, -0.25) is 9.59 Å². The van der Waals surface area contributed by atoms with E-state index in [1.54, 1.807) is 18.2 Å². The zero-order chi connectivity index (χ0) is 14.5. The van der Waals surface area contributed by atoms with Gasteiger partial charge in [0.05, 0.1) is 17.3 Å². The van der Waals surface area contributed by atoms with Crippen LogP contribution in [0.1, 0.15) is 37.6 Å². The predicted molar refractivity (Wildman–Crippen MR) is 80.4 cm³/mol. The number of benzene rings is 1. The van der Waals surface area contributed by atoms with E-state index in [0.29, 0.717) is 6.42 Å². The van der Waals surface area contributed by atoms with E-state index in [9.17, 15) is 9.59 Å². The molecule has 2 saturated heterocycles. The lowest BCUT2D eigenvalue weighted by Crippen LogP contribution is -2.62. The van der Waals surface area contributed by atoms with Gasteiger partial charge in [0, 0.05) is 16.7 Å². The van der Waals surface area contributed by atoms with Crippen molar-refractivity contribution in [3.8, 4) is 0 Å². The van der Waals surface area contributed by atoms with Crippen molar-refractivity contribution in [1.82, 2.24) is 4.90 Å². The first kappa shape index (κ1) is 13.7. The molecule has 2 aliphatic heterocycles. The lowest BCUT2D eigenvalue weighted by molar-refractivity contribution is -0.141. The van der Waals surface area contributed by atoms with Crippen molar-refractivity contribution in [2.45, 2.75) is 42.9 Å². The van der Waals surface area contributed by atoms with Gasteiger partial charge in [-0.05, 0) is 20.8 Å². The van der Waals surface area contributed by atoms with Crippen molar-refractivity contribution in [3.63, 3.8) is 0 Å². The highest BCUT2D eigenvalue weighted by atomic mass is 32.2. The van der Waals surface area contributed by atoms with Crippen LogP contribution in [0.5, 0.6) is 0 Å². The Balaban J connectivity index is 1.88. The average molecular weight is 288 g/mol. The maximum atomic E-state index is 12.5. The van der Waals surface area contributed by atoms with Gasteiger partial charge >= 0.3 is 0 Å². The predicted octanol–water partition coefficient (Wildman–Crippen LogP) is 2.92. The van der Waals surface area contributed by atoms with Crippen molar-refractivity contribution in [3.05, 3.63) is 42.3 Å². The molecule has 1 amide bonds. The summed E-state index contributed by atoms with van der Waals surface area (Å²) in [4.78, 5) is 26.3. The summed E-state index contributed by atoms with van der Waals surface area (Å²) in [6, 6.07) is 9.31. The number of nitrogens with zero attached hydrogens (tertiary/aromatic N) is 1. The average Bonchev–Trinajstić information content (AvgIpc) is 2.53. The van der Waals surface area contributed by atoms with E-state index in [0.717, 1.165) is 5.56 Å². The third kappa shape index (κ3) is 1.81. The molecule has 2 atom stereocenters. The number of hydrogen-bond donors (Lipinski definition) is 0. The standard InChI is InChI=1S/C16H18NO2S/c1-15(2)16(3,17-13(19)9-14(17)20-15)10-12(18)11-7-5-4-6-8-11/h4-9,14H,10H2,1-3H3/t14-,16-/m1/s1. The number of carbonyl (C=O) groups excluding carboxylic acids is 2. The zero-order valence-corrected chi connectivity index (χ0v) is 12.7. The molecule has 3 nitrogen and oxygen atoms in total. The molecule has 0 N–H and O–H groups in total. The molecule has 1 aromatic carbocycles. The molecule has 4 heteroatoms. The fraction of sp³-hybridized carbons (Fsp3) is 0.438. The number of fused-ring (bicyclic) bond motifs is 1. The molecule has 20 heavy (non-hydrogen) atoms. The highest BCUT2D eigenvalue weighted by Crippen LogP contribution is 2.57. The van der Waals surface area contributed by atoms with Gasteiger partial charge in [-0.1, -0.05) is 30.3 Å². The number of carbonyl (C=O) groups is 2. The van der Waals surface area contributed by atoms with Crippen molar-refractivity contribution in [1.29, 1.82) is 0 Å². The lowest BCUT2D eigenvalue weighted by atomic mass is 9.78. The second-order valence-electron chi connectivity index (χ2n) is 6.13. The number of rotatable bonds is 3. The Morgan fingerprint density at radius 1 is 1.25 bits per heavy atom. The Kier molecular flexibility index (Phi) is 2.98. The van der Waals surface area contributed by atoms with Gasteiger partial charge in [0.2, 0.25) is 5.91 Å². The van der Waals surface area contributed by atoms with Gasteiger partial charge in [-0.15, -0.1) is 11.8 Å². The van der Waals surface area contributed by atoms with Crippen LogP contribution < -0.4 is 0 Å². The van der Waals surface area contributed by atoms with E-state index in [1.807, 2.05) is 42.2 Å². The summed E-state index contributed by atoms with van der Waals surface area (Å²) in [7, 11) is 0. The van der Waals surface area contributed by atoms with E-state index >= 15 is 0 Å². The molecule has 105 valence electrons. The van der Waals surface area contributed by atoms with Crippen LogP contribution in [-0.2, 0) is 4.79 Å². The van der Waals surface area contributed by atoms with E-state index in [2.05, 4.69) is 13.8 Å². The highest BCUT2D eigenvalue weighted by Gasteiger charge is 2.63. The monoisotopic (exact) mass is 288 g/mol. The van der Waals surface area contributed by atoms with Crippen LogP contribution in [0.2, 0.25) is 0 Å². The molecule has 0 unspecified atom stereocenters. The minimum absolute atomic E-state index is 0.0523. The number of Topliss-reactive ketones (excluding diaryl/α,β-unsaturated/α-hetero) is 1. The van der Waals surface area contributed by atoms with Crippen LogP contribution in [0.15, 0.2) is 30.3 Å². The largest absolute Gasteiger partial charge is 0.322 e. The molecule has 2 heterocycles. The summed E-state index contributed by atoms with van der Waals surface area (Å²) in [5, 5.41) is 0.131. The molecule has 1 radical (unpaired) electrons. The second-order valence-corrected chi connectivity index (χ2v) is 7.87. The number of hydrogen-bond acceptors (Lipinski definition) is 3. The fourth-order valence-electron chi connectivity index (χ4n) is 2.99. The maximum absolute atomic E-state index is 12.5. The smallest absolute Gasteiger partial charge is 0.231 e. The fourth-order valence-corrected chi connectivity index (χ4v) is 4.64.